The molecule has 0 fully saturated rings. The van der Waals surface area contributed by atoms with E-state index in [4.69, 9.17) is 11.1 Å². The molecule has 0 spiro atoms. The first-order valence-corrected chi connectivity index (χ1v) is 6.78. The fourth-order valence-corrected chi connectivity index (χ4v) is 1.79. The standard InChI is InChI=1S/C14H14N6O4/c1-2-24-14(23)13(22)6-12(21)11-4-9(7-17-19-15)3-10(5-11)8-18-20-16/h3-6,21H,2,7-8H2,1H3. The Labute approximate surface area is 136 Å². The fraction of sp³-hybridized carbons (Fsp3) is 0.286. The first-order valence-electron chi connectivity index (χ1n) is 6.78. The molecule has 124 valence electrons. The quantitative estimate of drug-likeness (QED) is 0.147. The topological polar surface area (TPSA) is 161 Å². The Morgan fingerprint density at radius 2 is 1.71 bits per heavy atom. The van der Waals surface area contributed by atoms with E-state index in [1.807, 2.05) is 0 Å². The van der Waals surface area contributed by atoms with Gasteiger partial charge in [0.15, 0.2) is 0 Å². The molecule has 0 unspecified atom stereocenters. The van der Waals surface area contributed by atoms with Gasteiger partial charge in [0.1, 0.15) is 5.76 Å². The summed E-state index contributed by atoms with van der Waals surface area (Å²) >= 11 is 0. The number of nitrogens with zero attached hydrogens (tertiary/aromatic N) is 6. The molecule has 0 aliphatic rings. The summed E-state index contributed by atoms with van der Waals surface area (Å²) in [7, 11) is 0. The Bertz CT molecular complexity index is 722. The van der Waals surface area contributed by atoms with E-state index in [9.17, 15) is 14.7 Å². The number of aliphatic hydroxyl groups is 1. The molecule has 0 amide bonds. The van der Waals surface area contributed by atoms with Gasteiger partial charge in [0.2, 0.25) is 0 Å². The summed E-state index contributed by atoms with van der Waals surface area (Å²) in [6, 6.07) is 4.60. The minimum absolute atomic E-state index is 0.00666. The maximum absolute atomic E-state index is 11.6. The van der Waals surface area contributed by atoms with Crippen molar-refractivity contribution >= 4 is 17.5 Å². The first-order chi connectivity index (χ1) is 11.5. The van der Waals surface area contributed by atoms with Gasteiger partial charge in [-0.25, -0.2) is 4.79 Å². The Kier molecular flexibility index (Phi) is 7.37. The van der Waals surface area contributed by atoms with Gasteiger partial charge < -0.3 is 9.84 Å². The fourth-order valence-electron chi connectivity index (χ4n) is 1.79. The number of rotatable bonds is 8. The number of benzene rings is 1. The van der Waals surface area contributed by atoms with Crippen molar-refractivity contribution in [3.05, 3.63) is 61.9 Å². The SMILES string of the molecule is CCOC(=O)C(=O)C=C(O)c1cc(CN=[N+]=[N-])cc(CN=[N+]=[N-])c1. The second-order valence-electron chi connectivity index (χ2n) is 4.43. The molecule has 0 saturated heterocycles. The van der Waals surface area contributed by atoms with E-state index < -0.39 is 17.5 Å². The molecular weight excluding hydrogens is 316 g/mol. The van der Waals surface area contributed by atoms with Gasteiger partial charge in [-0.05, 0) is 41.2 Å². The number of carbonyl (C=O) groups excluding carboxylic acids is 2. The lowest BCUT2D eigenvalue weighted by Gasteiger charge is -2.07. The van der Waals surface area contributed by atoms with Gasteiger partial charge in [-0.2, -0.15) is 0 Å². The van der Waals surface area contributed by atoms with Crippen molar-refractivity contribution in [3.8, 4) is 0 Å². The second-order valence-corrected chi connectivity index (χ2v) is 4.43. The number of aliphatic hydroxyl groups excluding tert-OH is 1. The van der Waals surface area contributed by atoms with Crippen LogP contribution in [0, 0.1) is 0 Å². The van der Waals surface area contributed by atoms with Crippen molar-refractivity contribution in [1.82, 2.24) is 0 Å². The molecule has 0 bridgehead atoms. The number of ketones is 1. The molecule has 10 nitrogen and oxygen atoms in total. The highest BCUT2D eigenvalue weighted by Crippen LogP contribution is 2.19. The van der Waals surface area contributed by atoms with Crippen molar-refractivity contribution in [3.63, 3.8) is 0 Å². The van der Waals surface area contributed by atoms with Crippen molar-refractivity contribution in [2.24, 2.45) is 10.2 Å². The molecular formula is C14H14N6O4. The summed E-state index contributed by atoms with van der Waals surface area (Å²) < 4.78 is 4.54. The van der Waals surface area contributed by atoms with E-state index in [1.165, 1.54) is 12.1 Å². The molecule has 1 rings (SSSR count). The average Bonchev–Trinajstić information content (AvgIpc) is 2.58. The molecule has 1 N–H and O–H groups in total. The lowest BCUT2D eigenvalue weighted by atomic mass is 10.0. The van der Waals surface area contributed by atoms with E-state index in [2.05, 4.69) is 24.8 Å². The van der Waals surface area contributed by atoms with Gasteiger partial charge in [0.25, 0.3) is 5.78 Å². The summed E-state index contributed by atoms with van der Waals surface area (Å²) in [5.74, 6) is -2.55. The van der Waals surface area contributed by atoms with Crippen LogP contribution in [0.5, 0.6) is 0 Å². The van der Waals surface area contributed by atoms with Crippen LogP contribution in [0.15, 0.2) is 34.5 Å². The molecule has 0 aliphatic heterocycles. The molecule has 0 saturated carbocycles. The van der Waals surface area contributed by atoms with Crippen molar-refractivity contribution in [1.29, 1.82) is 0 Å². The van der Waals surface area contributed by atoms with Crippen molar-refractivity contribution in [2.45, 2.75) is 20.0 Å². The molecule has 0 atom stereocenters. The van der Waals surface area contributed by atoms with Gasteiger partial charge in [0, 0.05) is 21.5 Å². The Morgan fingerprint density at radius 1 is 1.17 bits per heavy atom. The molecule has 0 aliphatic carbocycles. The highest BCUT2D eigenvalue weighted by Gasteiger charge is 2.14. The van der Waals surface area contributed by atoms with Crippen LogP contribution in [0.3, 0.4) is 0 Å². The molecule has 24 heavy (non-hydrogen) atoms. The van der Waals surface area contributed by atoms with Crippen molar-refractivity contribution < 1.29 is 19.4 Å². The van der Waals surface area contributed by atoms with Crippen LogP contribution in [-0.4, -0.2) is 23.5 Å². The summed E-state index contributed by atoms with van der Waals surface area (Å²) in [6.45, 7) is 1.60. The number of esters is 1. The predicted octanol–water partition coefficient (Wildman–Crippen LogP) is 3.34. The highest BCUT2D eigenvalue weighted by molar-refractivity contribution is 6.39. The molecule has 1 aromatic rings. The van der Waals surface area contributed by atoms with Crippen LogP contribution in [0.4, 0.5) is 0 Å². The zero-order valence-corrected chi connectivity index (χ0v) is 12.8. The third kappa shape index (κ3) is 5.72. The van der Waals surface area contributed by atoms with Gasteiger partial charge in [-0.3, -0.25) is 4.79 Å². The number of azide groups is 2. The molecule has 10 heteroatoms. The van der Waals surface area contributed by atoms with E-state index in [0.717, 1.165) is 6.08 Å². The van der Waals surface area contributed by atoms with Crippen LogP contribution in [-0.2, 0) is 27.4 Å². The van der Waals surface area contributed by atoms with Crippen LogP contribution in [0.2, 0.25) is 0 Å². The Balaban J connectivity index is 3.18. The highest BCUT2D eigenvalue weighted by atomic mass is 16.5. The maximum atomic E-state index is 11.6. The Hall–Kier alpha value is -3.48. The molecule has 0 aromatic heterocycles. The lowest BCUT2D eigenvalue weighted by molar-refractivity contribution is -0.151. The largest absolute Gasteiger partial charge is 0.507 e. The van der Waals surface area contributed by atoms with Crippen LogP contribution < -0.4 is 0 Å². The first kappa shape index (κ1) is 18.6. The predicted molar refractivity (Wildman–Crippen MR) is 84.4 cm³/mol. The van der Waals surface area contributed by atoms with Crippen LogP contribution in [0.25, 0.3) is 26.6 Å². The number of hydrogen-bond donors (Lipinski definition) is 1. The summed E-state index contributed by atoms with van der Waals surface area (Å²) in [5, 5.41) is 16.9. The summed E-state index contributed by atoms with van der Waals surface area (Å²) in [4.78, 5) is 28.2. The zero-order chi connectivity index (χ0) is 17.9. The second kappa shape index (κ2) is 9.52. The minimum atomic E-state index is -1.08. The monoisotopic (exact) mass is 330 g/mol. The van der Waals surface area contributed by atoms with E-state index >= 15 is 0 Å². The van der Waals surface area contributed by atoms with Gasteiger partial charge in [0.05, 0.1) is 19.7 Å². The average molecular weight is 330 g/mol. The van der Waals surface area contributed by atoms with Crippen LogP contribution in [0.1, 0.15) is 23.6 Å². The third-order valence-electron chi connectivity index (χ3n) is 2.73. The van der Waals surface area contributed by atoms with Gasteiger partial charge >= 0.3 is 5.97 Å². The maximum Gasteiger partial charge on any atom is 0.379 e. The van der Waals surface area contributed by atoms with Gasteiger partial charge in [-0.1, -0.05) is 16.3 Å². The van der Waals surface area contributed by atoms with Gasteiger partial charge in [-0.15, -0.1) is 0 Å². The zero-order valence-electron chi connectivity index (χ0n) is 12.8. The minimum Gasteiger partial charge on any atom is -0.507 e. The molecule has 0 radical (unpaired) electrons. The lowest BCUT2D eigenvalue weighted by Crippen LogP contribution is -2.15. The van der Waals surface area contributed by atoms with E-state index in [0.29, 0.717) is 11.1 Å². The summed E-state index contributed by atoms with van der Waals surface area (Å²) in [6.07, 6.45) is 0.738. The molecule has 0 heterocycles. The van der Waals surface area contributed by atoms with Crippen LogP contribution >= 0.6 is 0 Å². The third-order valence-corrected chi connectivity index (χ3v) is 2.73. The van der Waals surface area contributed by atoms with E-state index in [-0.39, 0.29) is 25.3 Å². The Morgan fingerprint density at radius 3 is 2.17 bits per heavy atom. The number of ether oxygens (including phenoxy) is 1. The normalized spacial score (nSPS) is 10.3. The van der Waals surface area contributed by atoms with E-state index in [1.54, 1.807) is 13.0 Å². The van der Waals surface area contributed by atoms with Crippen molar-refractivity contribution in [2.75, 3.05) is 6.61 Å². The summed E-state index contributed by atoms with van der Waals surface area (Å²) in [5.41, 5.74) is 18.1. The number of hydrogen-bond acceptors (Lipinski definition) is 6. The molecule has 1 aromatic carbocycles. The smallest absolute Gasteiger partial charge is 0.379 e. The number of carbonyl (C=O) groups is 2.